The van der Waals surface area contributed by atoms with Crippen LogP contribution in [0.15, 0.2) is 81.5 Å². The largest absolute Gasteiger partial charge is 0.744 e. The summed E-state index contributed by atoms with van der Waals surface area (Å²) in [6.07, 6.45) is 2.33. The maximum Gasteiger partial charge on any atom is 0.255 e. The number of hydrogen-bond donors (Lipinski definition) is 1. The van der Waals surface area contributed by atoms with Gasteiger partial charge in [-0.05, 0) is 59.7 Å². The van der Waals surface area contributed by atoms with E-state index in [1.165, 1.54) is 36.4 Å². The SMILES string of the molecule is O=C(Nc1ccc(C=Cc2ccc(N=C=S)cc2S(=O)(=O)[O-])c(S(=O)(=O)[O-])c1)c1ccccc1. The Kier molecular flexibility index (Phi) is 7.52. The van der Waals surface area contributed by atoms with Crippen LogP contribution in [0.2, 0.25) is 0 Å². The zero-order valence-corrected chi connectivity index (χ0v) is 19.5. The molecule has 0 fully saturated rings. The van der Waals surface area contributed by atoms with Gasteiger partial charge in [0.05, 0.1) is 20.6 Å². The van der Waals surface area contributed by atoms with Gasteiger partial charge in [0.2, 0.25) is 0 Å². The molecule has 0 aliphatic rings. The molecule has 3 aromatic rings. The van der Waals surface area contributed by atoms with Gasteiger partial charge in [-0.2, -0.15) is 4.99 Å². The molecule has 0 heterocycles. The zero-order valence-electron chi connectivity index (χ0n) is 17.0. The monoisotopic (exact) mass is 514 g/mol. The maximum absolute atomic E-state index is 12.3. The number of nitrogens with one attached hydrogen (secondary N) is 1. The Morgan fingerprint density at radius 1 is 0.853 bits per heavy atom. The number of isothiocyanates is 1. The molecular formula is C22H14N2O7S3-2. The van der Waals surface area contributed by atoms with Gasteiger partial charge in [-0.25, -0.2) is 16.8 Å². The number of nitrogens with zero attached hydrogens (tertiary/aromatic N) is 1. The summed E-state index contributed by atoms with van der Waals surface area (Å²) in [5.41, 5.74) is 0.330. The van der Waals surface area contributed by atoms with Crippen LogP contribution in [0.4, 0.5) is 11.4 Å². The summed E-state index contributed by atoms with van der Waals surface area (Å²) in [5, 5.41) is 4.56. The van der Waals surface area contributed by atoms with Gasteiger partial charge in [0.15, 0.2) is 0 Å². The van der Waals surface area contributed by atoms with Crippen molar-refractivity contribution < 1.29 is 30.7 Å². The fourth-order valence-electron chi connectivity index (χ4n) is 2.94. The van der Waals surface area contributed by atoms with Gasteiger partial charge < -0.3 is 14.4 Å². The lowest BCUT2D eigenvalue weighted by molar-refractivity contribution is 0.102. The minimum absolute atomic E-state index is 0.0608. The lowest BCUT2D eigenvalue weighted by Crippen LogP contribution is -2.12. The van der Waals surface area contributed by atoms with E-state index in [0.717, 1.165) is 12.1 Å². The van der Waals surface area contributed by atoms with Crippen molar-refractivity contribution in [3.05, 3.63) is 83.4 Å². The van der Waals surface area contributed by atoms with Crippen molar-refractivity contribution in [1.82, 2.24) is 0 Å². The number of hydrogen-bond acceptors (Lipinski definition) is 9. The Morgan fingerprint density at radius 3 is 1.97 bits per heavy atom. The molecule has 0 saturated carbocycles. The van der Waals surface area contributed by atoms with E-state index in [9.17, 15) is 30.7 Å². The van der Waals surface area contributed by atoms with Crippen molar-refractivity contribution in [3.8, 4) is 0 Å². The summed E-state index contributed by atoms with van der Waals surface area (Å²) >= 11 is 4.46. The van der Waals surface area contributed by atoms with E-state index in [-0.39, 0.29) is 22.5 Å². The van der Waals surface area contributed by atoms with Crippen LogP contribution in [-0.4, -0.2) is 37.0 Å². The molecule has 174 valence electrons. The Bertz CT molecular complexity index is 1540. The van der Waals surface area contributed by atoms with Crippen molar-refractivity contribution in [2.75, 3.05) is 5.32 Å². The Hall–Kier alpha value is -3.51. The molecule has 0 spiro atoms. The summed E-state index contributed by atoms with van der Waals surface area (Å²) in [7, 11) is -9.90. The molecule has 34 heavy (non-hydrogen) atoms. The van der Waals surface area contributed by atoms with Crippen molar-refractivity contribution in [2.24, 2.45) is 4.99 Å². The Labute approximate surface area is 201 Å². The highest BCUT2D eigenvalue weighted by Crippen LogP contribution is 2.27. The van der Waals surface area contributed by atoms with Crippen LogP contribution >= 0.6 is 12.2 Å². The van der Waals surface area contributed by atoms with Crippen LogP contribution in [-0.2, 0) is 20.2 Å². The second-order valence-electron chi connectivity index (χ2n) is 6.74. The Balaban J connectivity index is 2.01. The minimum Gasteiger partial charge on any atom is -0.744 e. The fraction of sp³-hybridized carbons (Fsp3) is 0. The molecule has 12 heteroatoms. The minimum atomic E-state index is -4.98. The van der Waals surface area contributed by atoms with Gasteiger partial charge in [0.1, 0.15) is 20.2 Å². The van der Waals surface area contributed by atoms with Crippen LogP contribution in [0.5, 0.6) is 0 Å². The quantitative estimate of drug-likeness (QED) is 0.217. The molecule has 0 atom stereocenters. The van der Waals surface area contributed by atoms with Gasteiger partial charge in [-0.15, -0.1) is 0 Å². The third-order valence-corrected chi connectivity index (χ3v) is 6.34. The molecule has 0 aromatic heterocycles. The van der Waals surface area contributed by atoms with Crippen molar-refractivity contribution in [3.63, 3.8) is 0 Å². The Morgan fingerprint density at radius 2 is 1.41 bits per heavy atom. The number of rotatable bonds is 7. The zero-order chi connectivity index (χ0) is 24.9. The first-order valence-corrected chi connectivity index (χ1v) is 12.5. The van der Waals surface area contributed by atoms with Crippen LogP contribution in [0.1, 0.15) is 21.5 Å². The fourth-order valence-corrected chi connectivity index (χ4v) is 4.43. The van der Waals surface area contributed by atoms with E-state index in [2.05, 4.69) is 27.7 Å². The third-order valence-electron chi connectivity index (χ3n) is 4.46. The van der Waals surface area contributed by atoms with Crippen molar-refractivity contribution >= 4 is 67.0 Å². The smallest absolute Gasteiger partial charge is 0.255 e. The third kappa shape index (κ3) is 6.29. The molecule has 9 nitrogen and oxygen atoms in total. The summed E-state index contributed by atoms with van der Waals surface area (Å²) in [4.78, 5) is 14.7. The predicted molar refractivity (Wildman–Crippen MR) is 127 cm³/mol. The first-order valence-electron chi connectivity index (χ1n) is 9.31. The molecule has 3 rings (SSSR count). The number of carbonyl (C=O) groups is 1. The first-order chi connectivity index (χ1) is 16.0. The van der Waals surface area contributed by atoms with E-state index in [4.69, 9.17) is 0 Å². The van der Waals surface area contributed by atoms with E-state index in [0.29, 0.717) is 5.56 Å². The molecule has 1 amide bonds. The van der Waals surface area contributed by atoms with Crippen LogP contribution in [0.25, 0.3) is 12.2 Å². The average Bonchev–Trinajstić information content (AvgIpc) is 2.78. The number of benzene rings is 3. The number of carbonyl (C=O) groups excluding carboxylic acids is 1. The predicted octanol–water partition coefficient (Wildman–Crippen LogP) is 3.65. The van der Waals surface area contributed by atoms with Crippen LogP contribution in [0.3, 0.4) is 0 Å². The molecule has 0 aliphatic heterocycles. The van der Waals surface area contributed by atoms with Crippen LogP contribution in [0, 0.1) is 0 Å². The van der Waals surface area contributed by atoms with Gasteiger partial charge in [0, 0.05) is 11.3 Å². The molecule has 3 aromatic carbocycles. The molecule has 1 N–H and O–H groups in total. The average molecular weight is 515 g/mol. The second kappa shape index (κ2) is 10.2. The van der Waals surface area contributed by atoms with Gasteiger partial charge in [-0.3, -0.25) is 4.79 Å². The molecule has 0 radical (unpaired) electrons. The highest BCUT2D eigenvalue weighted by atomic mass is 32.2. The number of amides is 1. The summed E-state index contributed by atoms with van der Waals surface area (Å²) in [6, 6.07) is 15.4. The van der Waals surface area contributed by atoms with E-state index in [1.54, 1.807) is 30.3 Å². The number of aliphatic imine (C=N–C) groups is 1. The van der Waals surface area contributed by atoms with E-state index in [1.807, 2.05) is 0 Å². The molecule has 0 bridgehead atoms. The normalized spacial score (nSPS) is 11.7. The highest BCUT2D eigenvalue weighted by Gasteiger charge is 2.13. The molecule has 0 saturated heterocycles. The standard InChI is InChI=1S/C22H16N2O7S3/c25-22(17-4-2-1-3-5-17)24-19-11-9-16(21(13-19)34(29,30)31)7-6-15-8-10-18(23-14-32)12-20(15)33(26,27)28/h1-13H,(H,24,25)(H,26,27,28)(H,29,30,31)/p-2. The van der Waals surface area contributed by atoms with Gasteiger partial charge in [-0.1, -0.05) is 42.5 Å². The first kappa shape index (κ1) is 25.1. The van der Waals surface area contributed by atoms with Crippen molar-refractivity contribution in [2.45, 2.75) is 9.79 Å². The second-order valence-corrected chi connectivity index (χ2v) is 9.62. The lowest BCUT2D eigenvalue weighted by Gasteiger charge is -2.14. The van der Waals surface area contributed by atoms with Gasteiger partial charge >= 0.3 is 0 Å². The topological polar surface area (TPSA) is 156 Å². The summed E-state index contributed by atoms with van der Waals surface area (Å²) in [6.45, 7) is 0. The van der Waals surface area contributed by atoms with Crippen molar-refractivity contribution in [1.29, 1.82) is 0 Å². The molecular weight excluding hydrogens is 500 g/mol. The van der Waals surface area contributed by atoms with E-state index >= 15 is 0 Å². The summed E-state index contributed by atoms with van der Waals surface area (Å²) < 4.78 is 70.5. The summed E-state index contributed by atoms with van der Waals surface area (Å²) in [5.74, 6) is -0.512. The van der Waals surface area contributed by atoms with Crippen LogP contribution < -0.4 is 5.32 Å². The number of thiocarbonyl (C=S) groups is 1. The lowest BCUT2D eigenvalue weighted by atomic mass is 10.1. The van der Waals surface area contributed by atoms with Gasteiger partial charge in [0.25, 0.3) is 5.91 Å². The number of anilines is 1. The highest BCUT2D eigenvalue weighted by molar-refractivity contribution is 7.86. The van der Waals surface area contributed by atoms with E-state index < -0.39 is 35.9 Å². The molecule has 0 aliphatic carbocycles. The maximum atomic E-state index is 12.3. The molecule has 0 unspecified atom stereocenters.